The van der Waals surface area contributed by atoms with Gasteiger partial charge in [-0.25, -0.2) is 4.98 Å². The Hall–Kier alpha value is -1.56. The molecule has 0 spiro atoms. The summed E-state index contributed by atoms with van der Waals surface area (Å²) in [6.45, 7) is 6.14. The summed E-state index contributed by atoms with van der Waals surface area (Å²) in [5.74, 6) is 1.06. The van der Waals surface area contributed by atoms with Gasteiger partial charge in [0.1, 0.15) is 12.0 Å². The molecule has 1 saturated heterocycles. The normalized spacial score (nSPS) is 23.0. The molecule has 0 saturated carbocycles. The van der Waals surface area contributed by atoms with Gasteiger partial charge in [-0.15, -0.1) is 0 Å². The van der Waals surface area contributed by atoms with Gasteiger partial charge in [0, 0.05) is 6.61 Å². The molecule has 0 aliphatic carbocycles. The molecule has 0 radical (unpaired) electrons. The van der Waals surface area contributed by atoms with E-state index >= 15 is 0 Å². The SMILES string of the molecule is CCCOc1ncnc(NC2(C)CCOC2)c1N. The summed E-state index contributed by atoms with van der Waals surface area (Å²) in [5.41, 5.74) is 6.34. The number of anilines is 2. The van der Waals surface area contributed by atoms with Gasteiger partial charge in [0.25, 0.3) is 0 Å². The molecule has 1 unspecified atom stereocenters. The largest absolute Gasteiger partial charge is 0.476 e. The van der Waals surface area contributed by atoms with Crippen molar-refractivity contribution in [2.24, 2.45) is 0 Å². The second-order valence-corrected chi connectivity index (χ2v) is 4.78. The summed E-state index contributed by atoms with van der Waals surface area (Å²) in [6.07, 6.45) is 3.31. The predicted octanol–water partition coefficient (Wildman–Crippen LogP) is 1.44. The topological polar surface area (TPSA) is 82.3 Å². The standard InChI is InChI=1S/C12H20N4O2/c1-3-5-18-11-9(13)10(14-8-15-11)16-12(2)4-6-17-7-12/h8H,3-7,13H2,1-2H3,(H,14,15,16). The zero-order valence-electron chi connectivity index (χ0n) is 10.9. The van der Waals surface area contributed by atoms with E-state index in [4.69, 9.17) is 15.2 Å². The van der Waals surface area contributed by atoms with Crippen LogP contribution in [0.25, 0.3) is 0 Å². The van der Waals surface area contributed by atoms with Gasteiger partial charge < -0.3 is 20.5 Å². The molecule has 1 aromatic rings. The number of hydrogen-bond acceptors (Lipinski definition) is 6. The lowest BCUT2D eigenvalue weighted by Gasteiger charge is -2.25. The van der Waals surface area contributed by atoms with Gasteiger partial charge in [-0.2, -0.15) is 4.98 Å². The van der Waals surface area contributed by atoms with Crippen LogP contribution in [0, 0.1) is 0 Å². The van der Waals surface area contributed by atoms with E-state index in [9.17, 15) is 0 Å². The van der Waals surface area contributed by atoms with Crippen LogP contribution in [0.2, 0.25) is 0 Å². The quantitative estimate of drug-likeness (QED) is 0.825. The van der Waals surface area contributed by atoms with E-state index in [1.165, 1.54) is 6.33 Å². The van der Waals surface area contributed by atoms with E-state index in [-0.39, 0.29) is 5.54 Å². The summed E-state index contributed by atoms with van der Waals surface area (Å²) in [7, 11) is 0. The molecule has 1 aliphatic heterocycles. The molecule has 1 fully saturated rings. The third-order valence-electron chi connectivity index (χ3n) is 2.93. The van der Waals surface area contributed by atoms with Gasteiger partial charge >= 0.3 is 0 Å². The minimum atomic E-state index is -0.121. The highest BCUT2D eigenvalue weighted by Gasteiger charge is 2.30. The molecule has 1 aliphatic rings. The van der Waals surface area contributed by atoms with Gasteiger partial charge in [-0.3, -0.25) is 0 Å². The smallest absolute Gasteiger partial charge is 0.242 e. The highest BCUT2D eigenvalue weighted by atomic mass is 16.5. The van der Waals surface area contributed by atoms with Crippen molar-refractivity contribution in [1.29, 1.82) is 0 Å². The molecule has 100 valence electrons. The number of ether oxygens (including phenoxy) is 2. The summed E-state index contributed by atoms with van der Waals surface area (Å²) in [6, 6.07) is 0. The molecule has 1 aromatic heterocycles. The van der Waals surface area contributed by atoms with E-state index in [1.54, 1.807) is 0 Å². The zero-order chi connectivity index (χ0) is 13.0. The molecule has 6 heteroatoms. The Bertz CT molecular complexity index is 405. The van der Waals surface area contributed by atoms with Crippen molar-refractivity contribution in [3.63, 3.8) is 0 Å². The average Bonchev–Trinajstić information content (AvgIpc) is 2.77. The first-order valence-corrected chi connectivity index (χ1v) is 6.24. The van der Waals surface area contributed by atoms with Crippen LogP contribution in [0.5, 0.6) is 5.88 Å². The van der Waals surface area contributed by atoms with E-state index in [0.717, 1.165) is 19.4 Å². The molecule has 18 heavy (non-hydrogen) atoms. The Morgan fingerprint density at radius 2 is 2.39 bits per heavy atom. The van der Waals surface area contributed by atoms with Crippen molar-refractivity contribution in [1.82, 2.24) is 9.97 Å². The third kappa shape index (κ3) is 2.81. The van der Waals surface area contributed by atoms with Gasteiger partial charge in [-0.1, -0.05) is 6.92 Å². The molecular formula is C12H20N4O2. The van der Waals surface area contributed by atoms with Gasteiger partial charge in [0.2, 0.25) is 5.88 Å². The van der Waals surface area contributed by atoms with E-state index in [2.05, 4.69) is 22.2 Å². The van der Waals surface area contributed by atoms with Crippen molar-refractivity contribution in [3.8, 4) is 5.88 Å². The summed E-state index contributed by atoms with van der Waals surface area (Å²) in [4.78, 5) is 8.22. The van der Waals surface area contributed by atoms with Crippen LogP contribution in [-0.2, 0) is 4.74 Å². The molecule has 0 aromatic carbocycles. The van der Waals surface area contributed by atoms with Crippen molar-refractivity contribution in [2.75, 3.05) is 30.9 Å². The Morgan fingerprint density at radius 3 is 3.06 bits per heavy atom. The molecule has 6 nitrogen and oxygen atoms in total. The lowest BCUT2D eigenvalue weighted by Crippen LogP contribution is -2.35. The fourth-order valence-corrected chi connectivity index (χ4v) is 1.84. The molecule has 2 heterocycles. The highest BCUT2D eigenvalue weighted by molar-refractivity contribution is 5.67. The van der Waals surface area contributed by atoms with Crippen LogP contribution in [0.1, 0.15) is 26.7 Å². The van der Waals surface area contributed by atoms with Crippen LogP contribution in [0.4, 0.5) is 11.5 Å². The summed E-state index contributed by atoms with van der Waals surface area (Å²) >= 11 is 0. The number of nitrogens with two attached hydrogens (primary N) is 1. The monoisotopic (exact) mass is 252 g/mol. The van der Waals surface area contributed by atoms with Crippen LogP contribution >= 0.6 is 0 Å². The van der Waals surface area contributed by atoms with Gasteiger partial charge in [0.15, 0.2) is 5.82 Å². The summed E-state index contributed by atoms with van der Waals surface area (Å²) < 4.78 is 10.9. The lowest BCUT2D eigenvalue weighted by molar-refractivity contribution is 0.185. The van der Waals surface area contributed by atoms with Gasteiger partial charge in [-0.05, 0) is 19.8 Å². The van der Waals surface area contributed by atoms with E-state index in [1.807, 2.05) is 6.92 Å². The number of hydrogen-bond donors (Lipinski definition) is 2. The zero-order valence-corrected chi connectivity index (χ0v) is 10.9. The summed E-state index contributed by atoms with van der Waals surface area (Å²) in [5, 5.41) is 3.32. The predicted molar refractivity (Wildman–Crippen MR) is 69.7 cm³/mol. The van der Waals surface area contributed by atoms with E-state index in [0.29, 0.717) is 30.6 Å². The molecule has 3 N–H and O–H groups in total. The Kier molecular flexibility index (Phi) is 3.86. The molecule has 0 bridgehead atoms. The molecule has 1 atom stereocenters. The van der Waals surface area contributed by atoms with Crippen molar-refractivity contribution in [2.45, 2.75) is 32.2 Å². The first-order valence-electron chi connectivity index (χ1n) is 6.24. The molecular weight excluding hydrogens is 232 g/mol. The minimum Gasteiger partial charge on any atom is -0.476 e. The van der Waals surface area contributed by atoms with Crippen LogP contribution < -0.4 is 15.8 Å². The lowest BCUT2D eigenvalue weighted by atomic mass is 10.0. The number of nitrogen functional groups attached to an aromatic ring is 1. The van der Waals surface area contributed by atoms with Crippen LogP contribution in [-0.4, -0.2) is 35.3 Å². The Labute approximate surface area is 107 Å². The van der Waals surface area contributed by atoms with Crippen LogP contribution in [0.3, 0.4) is 0 Å². The maximum atomic E-state index is 6.01. The fourth-order valence-electron chi connectivity index (χ4n) is 1.84. The number of nitrogens with zero attached hydrogens (tertiary/aromatic N) is 2. The third-order valence-corrected chi connectivity index (χ3v) is 2.93. The number of rotatable bonds is 5. The minimum absolute atomic E-state index is 0.121. The first kappa shape index (κ1) is 12.9. The first-order chi connectivity index (χ1) is 8.64. The Balaban J connectivity index is 2.12. The highest BCUT2D eigenvalue weighted by Crippen LogP contribution is 2.29. The van der Waals surface area contributed by atoms with Crippen molar-refractivity contribution >= 4 is 11.5 Å². The second-order valence-electron chi connectivity index (χ2n) is 4.78. The average molecular weight is 252 g/mol. The van der Waals surface area contributed by atoms with Crippen LogP contribution in [0.15, 0.2) is 6.33 Å². The molecule has 2 rings (SSSR count). The number of nitrogens with one attached hydrogen (secondary N) is 1. The van der Waals surface area contributed by atoms with Crippen molar-refractivity contribution < 1.29 is 9.47 Å². The maximum Gasteiger partial charge on any atom is 0.242 e. The maximum absolute atomic E-state index is 6.01. The van der Waals surface area contributed by atoms with E-state index < -0.39 is 0 Å². The number of aromatic nitrogens is 2. The fraction of sp³-hybridized carbons (Fsp3) is 0.667. The van der Waals surface area contributed by atoms with Crippen molar-refractivity contribution in [3.05, 3.63) is 6.33 Å². The molecule has 0 amide bonds. The van der Waals surface area contributed by atoms with Gasteiger partial charge in [0.05, 0.1) is 18.8 Å². The Morgan fingerprint density at radius 1 is 1.56 bits per heavy atom. The second kappa shape index (κ2) is 5.39.